The lowest BCUT2D eigenvalue weighted by molar-refractivity contribution is 0.0994. The third-order valence-corrected chi connectivity index (χ3v) is 4.67. The SMILES string of the molecule is CCCNCc1cnc(C)cc1OC1CCC(C)C(C)C1. The summed E-state index contributed by atoms with van der Waals surface area (Å²) in [7, 11) is 0. The van der Waals surface area contributed by atoms with Crippen LogP contribution >= 0.6 is 0 Å². The number of nitrogens with one attached hydrogen (secondary N) is 1. The molecule has 0 radical (unpaired) electrons. The molecule has 0 aliphatic heterocycles. The van der Waals surface area contributed by atoms with E-state index in [0.29, 0.717) is 6.10 Å². The number of hydrogen-bond acceptors (Lipinski definition) is 3. The summed E-state index contributed by atoms with van der Waals surface area (Å²) in [4.78, 5) is 4.42. The number of pyridine rings is 1. The molecule has 0 spiro atoms. The smallest absolute Gasteiger partial charge is 0.127 e. The summed E-state index contributed by atoms with van der Waals surface area (Å²) in [6, 6.07) is 2.09. The average molecular weight is 290 g/mol. The first-order chi connectivity index (χ1) is 10.1. The summed E-state index contributed by atoms with van der Waals surface area (Å²) in [5, 5.41) is 3.44. The van der Waals surface area contributed by atoms with Gasteiger partial charge in [0.1, 0.15) is 5.75 Å². The number of aryl methyl sites for hydroxylation is 1. The number of aromatic nitrogens is 1. The fourth-order valence-electron chi connectivity index (χ4n) is 2.99. The summed E-state index contributed by atoms with van der Waals surface area (Å²) in [6.45, 7) is 10.8. The van der Waals surface area contributed by atoms with Crippen molar-refractivity contribution in [2.24, 2.45) is 11.8 Å². The highest BCUT2D eigenvalue weighted by Gasteiger charge is 2.26. The Morgan fingerprint density at radius 2 is 2.10 bits per heavy atom. The van der Waals surface area contributed by atoms with Gasteiger partial charge in [0.2, 0.25) is 0 Å². The molecule has 118 valence electrons. The summed E-state index contributed by atoms with van der Waals surface area (Å²) in [6.07, 6.45) is 7.09. The van der Waals surface area contributed by atoms with Gasteiger partial charge in [-0.1, -0.05) is 20.8 Å². The van der Waals surface area contributed by atoms with Gasteiger partial charge < -0.3 is 10.1 Å². The van der Waals surface area contributed by atoms with Crippen LogP contribution in [-0.2, 0) is 6.54 Å². The van der Waals surface area contributed by atoms with E-state index >= 15 is 0 Å². The lowest BCUT2D eigenvalue weighted by Crippen LogP contribution is -2.29. The van der Waals surface area contributed by atoms with Crippen molar-refractivity contribution in [3.05, 3.63) is 23.5 Å². The Labute approximate surface area is 129 Å². The van der Waals surface area contributed by atoms with E-state index in [4.69, 9.17) is 4.74 Å². The lowest BCUT2D eigenvalue weighted by atomic mass is 9.80. The van der Waals surface area contributed by atoms with Crippen molar-refractivity contribution in [3.63, 3.8) is 0 Å². The molecular formula is C18H30N2O. The van der Waals surface area contributed by atoms with Crippen LogP contribution < -0.4 is 10.1 Å². The molecule has 1 aromatic heterocycles. The van der Waals surface area contributed by atoms with Crippen molar-refractivity contribution in [2.75, 3.05) is 6.54 Å². The van der Waals surface area contributed by atoms with Crippen LogP contribution in [0, 0.1) is 18.8 Å². The molecule has 3 atom stereocenters. The highest BCUT2D eigenvalue weighted by Crippen LogP contribution is 2.32. The van der Waals surface area contributed by atoms with Crippen LogP contribution in [0.15, 0.2) is 12.3 Å². The maximum absolute atomic E-state index is 6.34. The van der Waals surface area contributed by atoms with E-state index in [0.717, 1.165) is 42.8 Å². The molecule has 1 fully saturated rings. The number of hydrogen-bond donors (Lipinski definition) is 1. The molecule has 2 rings (SSSR count). The van der Waals surface area contributed by atoms with E-state index < -0.39 is 0 Å². The van der Waals surface area contributed by atoms with Crippen LogP contribution in [-0.4, -0.2) is 17.6 Å². The minimum atomic E-state index is 0.364. The highest BCUT2D eigenvalue weighted by molar-refractivity contribution is 5.33. The van der Waals surface area contributed by atoms with Gasteiger partial charge in [0.15, 0.2) is 0 Å². The second-order valence-corrected chi connectivity index (χ2v) is 6.62. The van der Waals surface area contributed by atoms with Crippen molar-refractivity contribution in [2.45, 2.75) is 66.0 Å². The summed E-state index contributed by atoms with van der Waals surface area (Å²) in [5.74, 6) is 2.61. The molecule has 3 nitrogen and oxygen atoms in total. The summed E-state index contributed by atoms with van der Waals surface area (Å²) < 4.78 is 6.34. The van der Waals surface area contributed by atoms with Crippen molar-refractivity contribution >= 4 is 0 Å². The molecule has 0 aromatic carbocycles. The molecule has 3 heteroatoms. The predicted molar refractivity (Wildman–Crippen MR) is 87.6 cm³/mol. The molecule has 21 heavy (non-hydrogen) atoms. The van der Waals surface area contributed by atoms with E-state index in [1.165, 1.54) is 24.8 Å². The lowest BCUT2D eigenvalue weighted by Gasteiger charge is -2.32. The van der Waals surface area contributed by atoms with Gasteiger partial charge in [0.25, 0.3) is 0 Å². The topological polar surface area (TPSA) is 34.2 Å². The molecule has 3 unspecified atom stereocenters. The Morgan fingerprint density at radius 1 is 1.29 bits per heavy atom. The van der Waals surface area contributed by atoms with E-state index in [2.05, 4.69) is 37.1 Å². The van der Waals surface area contributed by atoms with Crippen molar-refractivity contribution in [1.82, 2.24) is 10.3 Å². The van der Waals surface area contributed by atoms with Crippen LogP contribution in [0.25, 0.3) is 0 Å². The van der Waals surface area contributed by atoms with Gasteiger partial charge >= 0.3 is 0 Å². The molecule has 0 bridgehead atoms. The van der Waals surface area contributed by atoms with Gasteiger partial charge in [-0.05, 0) is 51.0 Å². The Balaban J connectivity index is 2.02. The Kier molecular flexibility index (Phi) is 6.04. The molecule has 0 saturated heterocycles. The summed E-state index contributed by atoms with van der Waals surface area (Å²) in [5.41, 5.74) is 2.21. The summed E-state index contributed by atoms with van der Waals surface area (Å²) >= 11 is 0. The first kappa shape index (κ1) is 16.3. The van der Waals surface area contributed by atoms with E-state index in [1.807, 2.05) is 13.1 Å². The zero-order valence-electron chi connectivity index (χ0n) is 14.0. The van der Waals surface area contributed by atoms with Crippen molar-refractivity contribution < 1.29 is 4.74 Å². The van der Waals surface area contributed by atoms with Gasteiger partial charge in [-0.2, -0.15) is 0 Å². The third kappa shape index (κ3) is 4.70. The van der Waals surface area contributed by atoms with Crippen molar-refractivity contribution in [3.8, 4) is 5.75 Å². The van der Waals surface area contributed by atoms with Crippen LogP contribution in [0.3, 0.4) is 0 Å². The highest BCUT2D eigenvalue weighted by atomic mass is 16.5. The number of ether oxygens (including phenoxy) is 1. The van der Waals surface area contributed by atoms with E-state index in [9.17, 15) is 0 Å². The Bertz CT molecular complexity index is 447. The second kappa shape index (κ2) is 7.79. The zero-order valence-corrected chi connectivity index (χ0v) is 14.0. The van der Waals surface area contributed by atoms with Gasteiger partial charge in [0.05, 0.1) is 6.10 Å². The monoisotopic (exact) mass is 290 g/mol. The van der Waals surface area contributed by atoms with E-state index in [-0.39, 0.29) is 0 Å². The van der Waals surface area contributed by atoms with Gasteiger partial charge in [-0.3, -0.25) is 4.98 Å². The minimum Gasteiger partial charge on any atom is -0.490 e. The van der Waals surface area contributed by atoms with E-state index in [1.54, 1.807) is 0 Å². The standard InChI is InChI=1S/C18H30N2O/c1-5-8-19-11-16-12-20-15(4)10-18(16)21-17-7-6-13(2)14(3)9-17/h10,12-14,17,19H,5-9,11H2,1-4H3. The predicted octanol–water partition coefficient (Wildman–Crippen LogP) is 4.09. The zero-order chi connectivity index (χ0) is 15.2. The third-order valence-electron chi connectivity index (χ3n) is 4.67. The fourth-order valence-corrected chi connectivity index (χ4v) is 2.99. The molecule has 0 amide bonds. The molecule has 1 heterocycles. The fraction of sp³-hybridized carbons (Fsp3) is 0.722. The maximum atomic E-state index is 6.34. The van der Waals surface area contributed by atoms with Crippen LogP contribution in [0.5, 0.6) is 5.75 Å². The molecule has 1 aliphatic carbocycles. The minimum absolute atomic E-state index is 0.364. The quantitative estimate of drug-likeness (QED) is 0.801. The molecular weight excluding hydrogens is 260 g/mol. The number of rotatable bonds is 6. The second-order valence-electron chi connectivity index (χ2n) is 6.62. The molecule has 1 saturated carbocycles. The largest absolute Gasteiger partial charge is 0.490 e. The Hall–Kier alpha value is -1.09. The normalized spacial score (nSPS) is 25.8. The van der Waals surface area contributed by atoms with Gasteiger partial charge in [0, 0.05) is 30.1 Å². The van der Waals surface area contributed by atoms with Gasteiger partial charge in [-0.25, -0.2) is 0 Å². The van der Waals surface area contributed by atoms with Crippen LogP contribution in [0.4, 0.5) is 0 Å². The average Bonchev–Trinajstić information content (AvgIpc) is 2.45. The molecule has 1 aliphatic rings. The maximum Gasteiger partial charge on any atom is 0.127 e. The first-order valence-corrected chi connectivity index (χ1v) is 8.43. The molecule has 1 aromatic rings. The van der Waals surface area contributed by atoms with Crippen LogP contribution in [0.2, 0.25) is 0 Å². The van der Waals surface area contributed by atoms with Crippen molar-refractivity contribution in [1.29, 1.82) is 0 Å². The number of nitrogens with zero attached hydrogens (tertiary/aromatic N) is 1. The van der Waals surface area contributed by atoms with Crippen LogP contribution in [0.1, 0.15) is 57.7 Å². The molecule has 1 N–H and O–H groups in total. The van der Waals surface area contributed by atoms with Gasteiger partial charge in [-0.15, -0.1) is 0 Å². The first-order valence-electron chi connectivity index (χ1n) is 8.43. The Morgan fingerprint density at radius 3 is 2.81 bits per heavy atom.